The van der Waals surface area contributed by atoms with Crippen molar-refractivity contribution in [1.29, 1.82) is 0 Å². The number of rotatable bonds is 6. The summed E-state index contributed by atoms with van der Waals surface area (Å²) in [5, 5.41) is 2.09. The van der Waals surface area contributed by atoms with Crippen LogP contribution < -0.4 is 0 Å². The first-order chi connectivity index (χ1) is 11.0. The van der Waals surface area contributed by atoms with Gasteiger partial charge in [-0.1, -0.05) is 42.5 Å². The van der Waals surface area contributed by atoms with Crippen molar-refractivity contribution in [2.45, 2.75) is 27.2 Å². The molecule has 0 unspecified atom stereocenters. The maximum absolute atomic E-state index is 12.4. The Hall–Kier alpha value is -2.36. The zero-order valence-electron chi connectivity index (χ0n) is 13.8. The highest BCUT2D eigenvalue weighted by atomic mass is 16.6. The van der Waals surface area contributed by atoms with Crippen molar-refractivity contribution in [3.8, 4) is 0 Å². The Morgan fingerprint density at radius 1 is 0.913 bits per heavy atom. The molecule has 122 valence electrons. The quantitative estimate of drug-likeness (QED) is 0.605. The van der Waals surface area contributed by atoms with E-state index in [9.17, 15) is 9.59 Å². The van der Waals surface area contributed by atoms with Gasteiger partial charge < -0.3 is 9.47 Å². The van der Waals surface area contributed by atoms with Crippen LogP contribution in [0.25, 0.3) is 10.8 Å². The number of carbonyl (C=O) groups is 2. The Bertz CT molecular complexity index is 682. The van der Waals surface area contributed by atoms with E-state index in [1.54, 1.807) is 20.8 Å². The molecule has 2 aromatic carbocycles. The van der Waals surface area contributed by atoms with Gasteiger partial charge in [0.25, 0.3) is 0 Å². The van der Waals surface area contributed by atoms with E-state index in [0.29, 0.717) is 0 Å². The fourth-order valence-corrected chi connectivity index (χ4v) is 2.64. The van der Waals surface area contributed by atoms with Crippen LogP contribution in [0.5, 0.6) is 0 Å². The van der Waals surface area contributed by atoms with Gasteiger partial charge in [-0.05, 0) is 43.5 Å². The lowest BCUT2D eigenvalue weighted by atomic mass is 9.82. The van der Waals surface area contributed by atoms with Crippen molar-refractivity contribution in [3.05, 3.63) is 48.0 Å². The monoisotopic (exact) mass is 314 g/mol. The molecule has 0 saturated heterocycles. The summed E-state index contributed by atoms with van der Waals surface area (Å²) in [6.07, 6.45) is 0.242. The predicted molar refractivity (Wildman–Crippen MR) is 89.0 cm³/mol. The Morgan fingerprint density at radius 3 is 2.09 bits per heavy atom. The molecular weight excluding hydrogens is 292 g/mol. The van der Waals surface area contributed by atoms with E-state index in [0.717, 1.165) is 16.3 Å². The maximum Gasteiger partial charge on any atom is 0.323 e. The molecule has 0 fully saturated rings. The first-order valence-corrected chi connectivity index (χ1v) is 7.84. The van der Waals surface area contributed by atoms with Crippen LogP contribution >= 0.6 is 0 Å². The van der Waals surface area contributed by atoms with Crippen LogP contribution in [0, 0.1) is 5.41 Å². The lowest BCUT2D eigenvalue weighted by Gasteiger charge is -2.25. The van der Waals surface area contributed by atoms with Gasteiger partial charge in [0.1, 0.15) is 0 Å². The molecule has 0 spiro atoms. The molecule has 0 aliphatic rings. The van der Waals surface area contributed by atoms with Crippen LogP contribution in [0.1, 0.15) is 26.3 Å². The Labute approximate surface area is 136 Å². The van der Waals surface area contributed by atoms with Gasteiger partial charge in [-0.3, -0.25) is 9.59 Å². The van der Waals surface area contributed by atoms with E-state index in [4.69, 9.17) is 9.47 Å². The first-order valence-electron chi connectivity index (χ1n) is 7.84. The summed E-state index contributed by atoms with van der Waals surface area (Å²) >= 11 is 0. The topological polar surface area (TPSA) is 52.6 Å². The minimum Gasteiger partial charge on any atom is -0.465 e. The SMILES string of the molecule is CCOC(=O)C(C)(Cc1cccc2ccccc12)C(=O)OCC. The number of benzene rings is 2. The Balaban J connectivity index is 2.44. The van der Waals surface area contributed by atoms with E-state index in [1.165, 1.54) is 0 Å². The third kappa shape index (κ3) is 3.52. The summed E-state index contributed by atoms with van der Waals surface area (Å²) < 4.78 is 10.2. The standard InChI is InChI=1S/C19H22O4/c1-4-22-17(20)19(3,18(21)23-5-2)13-15-11-8-10-14-9-6-7-12-16(14)15/h6-12H,4-5,13H2,1-3H3. The van der Waals surface area contributed by atoms with E-state index < -0.39 is 17.4 Å². The van der Waals surface area contributed by atoms with E-state index in [2.05, 4.69) is 0 Å². The summed E-state index contributed by atoms with van der Waals surface area (Å²) in [4.78, 5) is 24.8. The van der Waals surface area contributed by atoms with Crippen LogP contribution in [0.2, 0.25) is 0 Å². The van der Waals surface area contributed by atoms with Crippen molar-refractivity contribution in [2.24, 2.45) is 5.41 Å². The number of hydrogen-bond acceptors (Lipinski definition) is 4. The summed E-state index contributed by atoms with van der Waals surface area (Å²) in [7, 11) is 0. The highest BCUT2D eigenvalue weighted by Gasteiger charge is 2.44. The number of esters is 2. The zero-order valence-corrected chi connectivity index (χ0v) is 13.8. The summed E-state index contributed by atoms with van der Waals surface area (Å²) in [5.74, 6) is -1.10. The molecule has 23 heavy (non-hydrogen) atoms. The van der Waals surface area contributed by atoms with Gasteiger partial charge >= 0.3 is 11.9 Å². The summed E-state index contributed by atoms with van der Waals surface area (Å²) in [5.41, 5.74) is -0.428. The second-order valence-electron chi connectivity index (χ2n) is 5.59. The molecule has 0 atom stereocenters. The van der Waals surface area contributed by atoms with Crippen molar-refractivity contribution < 1.29 is 19.1 Å². The molecule has 0 N–H and O–H groups in total. The summed E-state index contributed by atoms with van der Waals surface area (Å²) in [6.45, 7) is 5.49. The highest BCUT2D eigenvalue weighted by Crippen LogP contribution is 2.30. The van der Waals surface area contributed by atoms with Gasteiger partial charge in [0, 0.05) is 0 Å². The first kappa shape index (κ1) is 17.0. The van der Waals surface area contributed by atoms with Gasteiger partial charge in [0.05, 0.1) is 13.2 Å². The average Bonchev–Trinajstić information content (AvgIpc) is 2.55. The normalized spacial score (nSPS) is 11.3. The van der Waals surface area contributed by atoms with Crippen LogP contribution in [0.4, 0.5) is 0 Å². The molecule has 0 aliphatic carbocycles. The third-order valence-corrected chi connectivity index (χ3v) is 3.88. The average molecular weight is 314 g/mol. The van der Waals surface area contributed by atoms with Crippen molar-refractivity contribution in [1.82, 2.24) is 0 Å². The predicted octanol–water partition coefficient (Wildman–Crippen LogP) is 3.51. The molecular formula is C19H22O4. The number of hydrogen-bond donors (Lipinski definition) is 0. The third-order valence-electron chi connectivity index (χ3n) is 3.88. The highest BCUT2D eigenvalue weighted by molar-refractivity contribution is 6.00. The van der Waals surface area contributed by atoms with Crippen LogP contribution in [0.3, 0.4) is 0 Å². The van der Waals surface area contributed by atoms with Gasteiger partial charge in [-0.25, -0.2) is 0 Å². The molecule has 4 nitrogen and oxygen atoms in total. The molecule has 0 aliphatic heterocycles. The fourth-order valence-electron chi connectivity index (χ4n) is 2.64. The smallest absolute Gasteiger partial charge is 0.323 e. The molecule has 0 saturated carbocycles. The number of ether oxygens (including phenoxy) is 2. The molecule has 0 amide bonds. The fraction of sp³-hybridized carbons (Fsp3) is 0.368. The molecule has 0 heterocycles. The van der Waals surface area contributed by atoms with E-state index in [1.807, 2.05) is 42.5 Å². The van der Waals surface area contributed by atoms with Crippen molar-refractivity contribution in [2.75, 3.05) is 13.2 Å². The van der Waals surface area contributed by atoms with Crippen LogP contribution in [-0.2, 0) is 25.5 Å². The number of carbonyl (C=O) groups excluding carboxylic acids is 2. The second-order valence-corrected chi connectivity index (χ2v) is 5.59. The van der Waals surface area contributed by atoms with Crippen LogP contribution in [0.15, 0.2) is 42.5 Å². The van der Waals surface area contributed by atoms with Crippen LogP contribution in [-0.4, -0.2) is 25.2 Å². The van der Waals surface area contributed by atoms with Gasteiger partial charge in [0.15, 0.2) is 5.41 Å². The van der Waals surface area contributed by atoms with Gasteiger partial charge in [-0.15, -0.1) is 0 Å². The van der Waals surface area contributed by atoms with Crippen molar-refractivity contribution in [3.63, 3.8) is 0 Å². The molecule has 0 aromatic heterocycles. The molecule has 0 bridgehead atoms. The molecule has 4 heteroatoms. The zero-order chi connectivity index (χ0) is 16.9. The maximum atomic E-state index is 12.4. The van der Waals surface area contributed by atoms with Gasteiger partial charge in [0.2, 0.25) is 0 Å². The second kappa shape index (κ2) is 7.27. The van der Waals surface area contributed by atoms with E-state index >= 15 is 0 Å². The molecule has 0 radical (unpaired) electrons. The Morgan fingerprint density at radius 2 is 1.48 bits per heavy atom. The van der Waals surface area contributed by atoms with Crippen molar-refractivity contribution >= 4 is 22.7 Å². The molecule has 2 aromatic rings. The lowest BCUT2D eigenvalue weighted by Crippen LogP contribution is -2.41. The minimum atomic E-state index is -1.35. The van der Waals surface area contributed by atoms with Gasteiger partial charge in [-0.2, -0.15) is 0 Å². The minimum absolute atomic E-state index is 0.226. The lowest BCUT2D eigenvalue weighted by molar-refractivity contribution is -0.170. The molecule has 2 rings (SSSR count). The summed E-state index contributed by atoms with van der Waals surface area (Å²) in [6, 6.07) is 13.8. The largest absolute Gasteiger partial charge is 0.465 e. The number of fused-ring (bicyclic) bond motifs is 1. The Kier molecular flexibility index (Phi) is 5.37. The van der Waals surface area contributed by atoms with E-state index in [-0.39, 0.29) is 19.6 Å².